The van der Waals surface area contributed by atoms with Gasteiger partial charge in [0.05, 0.1) is 6.54 Å². The lowest BCUT2D eigenvalue weighted by Gasteiger charge is -2.18. The van der Waals surface area contributed by atoms with Gasteiger partial charge < -0.3 is 4.90 Å². The Hall–Kier alpha value is -1.65. The average Bonchev–Trinajstić information content (AvgIpc) is 2.96. The monoisotopic (exact) mass is 317 g/mol. The quantitative estimate of drug-likeness (QED) is 0.661. The molecule has 0 aliphatic heterocycles. The summed E-state index contributed by atoms with van der Waals surface area (Å²) in [6.07, 6.45) is 1.05. The van der Waals surface area contributed by atoms with Gasteiger partial charge in [-0.1, -0.05) is 30.7 Å². The molecule has 0 radical (unpaired) electrons. The van der Waals surface area contributed by atoms with Crippen molar-refractivity contribution in [3.8, 4) is 0 Å². The van der Waals surface area contributed by atoms with E-state index in [0.717, 1.165) is 28.1 Å². The largest absolute Gasteiger partial charge is 0.367 e. The Bertz CT molecular complexity index is 752. The van der Waals surface area contributed by atoms with E-state index in [9.17, 15) is 0 Å². The predicted octanol–water partition coefficient (Wildman–Crippen LogP) is 4.54. The van der Waals surface area contributed by atoms with Gasteiger partial charge in [-0.2, -0.15) is 0 Å². The molecular formula is C16H16ClN3S. The van der Waals surface area contributed by atoms with Crippen LogP contribution < -0.4 is 4.90 Å². The molecule has 3 nitrogen and oxygen atoms in total. The second kappa shape index (κ2) is 6.00. The normalized spacial score (nSPS) is 11.0. The average molecular weight is 318 g/mol. The molecular weight excluding hydrogens is 302 g/mol. The van der Waals surface area contributed by atoms with Crippen LogP contribution in [0.25, 0.3) is 10.2 Å². The van der Waals surface area contributed by atoms with E-state index >= 15 is 0 Å². The summed E-state index contributed by atoms with van der Waals surface area (Å²) in [7, 11) is 2.04. The molecule has 1 aromatic carbocycles. The summed E-state index contributed by atoms with van der Waals surface area (Å²) in [5.74, 6) is 0.747. The van der Waals surface area contributed by atoms with E-state index in [2.05, 4.69) is 46.1 Å². The maximum atomic E-state index is 6.21. The van der Waals surface area contributed by atoms with Crippen molar-refractivity contribution >= 4 is 38.8 Å². The van der Waals surface area contributed by atoms with E-state index in [1.54, 1.807) is 11.3 Å². The number of aryl methyl sites for hydroxylation is 1. The number of nitrogens with zero attached hydrogens (tertiary/aromatic N) is 3. The zero-order valence-corrected chi connectivity index (χ0v) is 13.6. The fourth-order valence-corrected chi connectivity index (χ4v) is 3.31. The number of hydrogen-bond donors (Lipinski definition) is 0. The van der Waals surface area contributed by atoms with Crippen LogP contribution >= 0.6 is 22.9 Å². The van der Waals surface area contributed by atoms with Gasteiger partial charge in [0.25, 0.3) is 0 Å². The summed E-state index contributed by atoms with van der Waals surface area (Å²) in [5.41, 5.74) is 2.49. The molecule has 0 saturated carbocycles. The number of thiophene rings is 1. The second-order valence-electron chi connectivity index (χ2n) is 4.95. The third kappa shape index (κ3) is 3.01. The SMILES string of the molecule is CCc1ccc(N(C)Cc2nc(Cl)c3ccsc3n2)cc1. The number of rotatable bonds is 4. The smallest absolute Gasteiger partial charge is 0.151 e. The third-order valence-corrected chi connectivity index (χ3v) is 4.58. The van der Waals surface area contributed by atoms with Crippen molar-refractivity contribution in [3.05, 3.63) is 52.3 Å². The van der Waals surface area contributed by atoms with Crippen LogP contribution in [0.2, 0.25) is 5.15 Å². The van der Waals surface area contributed by atoms with Gasteiger partial charge in [-0.25, -0.2) is 9.97 Å². The number of aromatic nitrogens is 2. The first kappa shape index (κ1) is 14.3. The first-order valence-electron chi connectivity index (χ1n) is 6.87. The Balaban J connectivity index is 1.83. The molecule has 0 atom stereocenters. The molecule has 3 aromatic rings. The molecule has 0 N–H and O–H groups in total. The van der Waals surface area contributed by atoms with Gasteiger partial charge in [0, 0.05) is 18.1 Å². The van der Waals surface area contributed by atoms with Crippen LogP contribution in [0, 0.1) is 0 Å². The van der Waals surface area contributed by atoms with Crippen LogP contribution in [0.1, 0.15) is 18.3 Å². The molecule has 21 heavy (non-hydrogen) atoms. The topological polar surface area (TPSA) is 29.0 Å². The molecule has 0 spiro atoms. The Kier molecular flexibility index (Phi) is 4.08. The summed E-state index contributed by atoms with van der Waals surface area (Å²) < 4.78 is 0. The van der Waals surface area contributed by atoms with Gasteiger partial charge in [-0.15, -0.1) is 11.3 Å². The van der Waals surface area contributed by atoms with Crippen LogP contribution in [0.3, 0.4) is 0 Å². The summed E-state index contributed by atoms with van der Waals surface area (Å²) in [6.45, 7) is 2.80. The molecule has 2 heterocycles. The van der Waals surface area contributed by atoms with Gasteiger partial charge in [0.1, 0.15) is 9.98 Å². The predicted molar refractivity (Wildman–Crippen MR) is 90.4 cm³/mol. The molecule has 5 heteroatoms. The second-order valence-corrected chi connectivity index (χ2v) is 6.20. The van der Waals surface area contributed by atoms with Crippen LogP contribution in [-0.4, -0.2) is 17.0 Å². The van der Waals surface area contributed by atoms with Gasteiger partial charge >= 0.3 is 0 Å². The van der Waals surface area contributed by atoms with E-state index in [-0.39, 0.29) is 0 Å². The van der Waals surface area contributed by atoms with Gasteiger partial charge in [-0.3, -0.25) is 0 Å². The van der Waals surface area contributed by atoms with E-state index in [4.69, 9.17) is 11.6 Å². The van der Waals surface area contributed by atoms with Crippen LogP contribution in [0.4, 0.5) is 5.69 Å². The van der Waals surface area contributed by atoms with Gasteiger partial charge in [0.15, 0.2) is 5.82 Å². The highest BCUT2D eigenvalue weighted by Gasteiger charge is 2.09. The highest BCUT2D eigenvalue weighted by molar-refractivity contribution is 7.16. The van der Waals surface area contributed by atoms with Crippen LogP contribution in [0.5, 0.6) is 0 Å². The van der Waals surface area contributed by atoms with Crippen LogP contribution in [0.15, 0.2) is 35.7 Å². The fraction of sp³-hybridized carbons (Fsp3) is 0.250. The maximum Gasteiger partial charge on any atom is 0.151 e. The van der Waals surface area contributed by atoms with Crippen molar-refractivity contribution in [2.45, 2.75) is 19.9 Å². The van der Waals surface area contributed by atoms with E-state index in [1.807, 2.05) is 18.5 Å². The first-order valence-corrected chi connectivity index (χ1v) is 8.13. The minimum Gasteiger partial charge on any atom is -0.367 e. The highest BCUT2D eigenvalue weighted by Crippen LogP contribution is 2.25. The maximum absolute atomic E-state index is 6.21. The standard InChI is InChI=1S/C16H16ClN3S/c1-3-11-4-6-12(7-5-11)20(2)10-14-18-15(17)13-8-9-21-16(13)19-14/h4-9H,3,10H2,1-2H3. The molecule has 2 aromatic heterocycles. The fourth-order valence-electron chi connectivity index (χ4n) is 2.22. The van der Waals surface area contributed by atoms with Crippen molar-refractivity contribution in [1.82, 2.24) is 9.97 Å². The molecule has 0 unspecified atom stereocenters. The molecule has 0 aliphatic rings. The summed E-state index contributed by atoms with van der Waals surface area (Å²) >= 11 is 7.80. The lowest BCUT2D eigenvalue weighted by molar-refractivity contribution is 0.848. The Morgan fingerprint density at radius 1 is 1.14 bits per heavy atom. The van der Waals surface area contributed by atoms with Crippen molar-refractivity contribution in [1.29, 1.82) is 0 Å². The third-order valence-electron chi connectivity index (χ3n) is 3.49. The molecule has 108 valence electrons. The van der Waals surface area contributed by atoms with Crippen molar-refractivity contribution in [2.24, 2.45) is 0 Å². The molecule has 0 bridgehead atoms. The van der Waals surface area contributed by atoms with E-state index in [1.165, 1.54) is 5.56 Å². The lowest BCUT2D eigenvalue weighted by Crippen LogP contribution is -2.18. The van der Waals surface area contributed by atoms with Crippen molar-refractivity contribution < 1.29 is 0 Å². The van der Waals surface area contributed by atoms with Crippen molar-refractivity contribution in [2.75, 3.05) is 11.9 Å². The zero-order chi connectivity index (χ0) is 14.8. The molecule has 0 saturated heterocycles. The minimum absolute atomic E-state index is 0.533. The summed E-state index contributed by atoms with van der Waals surface area (Å²) in [6, 6.07) is 10.5. The number of halogens is 1. The first-order chi connectivity index (χ1) is 10.2. The van der Waals surface area contributed by atoms with Crippen molar-refractivity contribution in [3.63, 3.8) is 0 Å². The Morgan fingerprint density at radius 3 is 2.62 bits per heavy atom. The Morgan fingerprint density at radius 2 is 1.90 bits per heavy atom. The molecule has 0 amide bonds. The van der Waals surface area contributed by atoms with Crippen LogP contribution in [-0.2, 0) is 13.0 Å². The van der Waals surface area contributed by atoms with Gasteiger partial charge in [0.2, 0.25) is 0 Å². The number of fused-ring (bicyclic) bond motifs is 1. The number of anilines is 1. The summed E-state index contributed by atoms with van der Waals surface area (Å²) in [5, 5.41) is 3.45. The minimum atomic E-state index is 0.533. The van der Waals surface area contributed by atoms with E-state index < -0.39 is 0 Å². The number of benzene rings is 1. The van der Waals surface area contributed by atoms with E-state index in [0.29, 0.717) is 11.7 Å². The molecule has 3 rings (SSSR count). The summed E-state index contributed by atoms with van der Waals surface area (Å²) in [4.78, 5) is 12.0. The zero-order valence-electron chi connectivity index (χ0n) is 12.0. The highest BCUT2D eigenvalue weighted by atomic mass is 35.5. The molecule has 0 aliphatic carbocycles. The van der Waals surface area contributed by atoms with Gasteiger partial charge in [-0.05, 0) is 35.6 Å². The lowest BCUT2D eigenvalue weighted by atomic mass is 10.1. The Labute approximate surface area is 133 Å². The number of hydrogen-bond acceptors (Lipinski definition) is 4. The molecule has 0 fully saturated rings.